The molecule has 0 aliphatic heterocycles. The van der Waals surface area contributed by atoms with E-state index in [2.05, 4.69) is 23.8 Å². The molecule has 68 valence electrons. The highest BCUT2D eigenvalue weighted by molar-refractivity contribution is 5.68. The Labute approximate surface area is 76.8 Å². The highest BCUT2D eigenvalue weighted by atomic mass is 16.4. The van der Waals surface area contributed by atoms with Crippen LogP contribution >= 0.6 is 0 Å². The molecule has 0 unspecified atom stereocenters. The van der Waals surface area contributed by atoms with E-state index < -0.39 is 0 Å². The third-order valence-electron chi connectivity index (χ3n) is 1.91. The van der Waals surface area contributed by atoms with Gasteiger partial charge in [0.15, 0.2) is 5.89 Å². The SMILES string of the molecule is Cc1ccc2nc(C(C)C)oc2n1. The molecule has 0 saturated carbocycles. The van der Waals surface area contributed by atoms with E-state index in [-0.39, 0.29) is 0 Å². The summed E-state index contributed by atoms with van der Waals surface area (Å²) in [4.78, 5) is 8.57. The van der Waals surface area contributed by atoms with Gasteiger partial charge in [-0.3, -0.25) is 0 Å². The maximum Gasteiger partial charge on any atom is 0.247 e. The molecule has 3 heteroatoms. The minimum Gasteiger partial charge on any atom is -0.422 e. The quantitative estimate of drug-likeness (QED) is 0.670. The predicted octanol–water partition coefficient (Wildman–Crippen LogP) is 2.65. The van der Waals surface area contributed by atoms with Crippen LogP contribution in [0.15, 0.2) is 16.5 Å². The molecule has 0 aromatic carbocycles. The van der Waals surface area contributed by atoms with Crippen LogP contribution in [0.2, 0.25) is 0 Å². The second-order valence-corrected chi connectivity index (χ2v) is 3.48. The average Bonchev–Trinajstić information content (AvgIpc) is 2.46. The Hall–Kier alpha value is -1.38. The van der Waals surface area contributed by atoms with E-state index in [1.165, 1.54) is 0 Å². The van der Waals surface area contributed by atoms with Crippen molar-refractivity contribution in [2.75, 3.05) is 0 Å². The van der Waals surface area contributed by atoms with Gasteiger partial charge in [0.25, 0.3) is 0 Å². The van der Waals surface area contributed by atoms with Gasteiger partial charge in [-0.25, -0.2) is 9.97 Å². The van der Waals surface area contributed by atoms with Crippen LogP contribution in [-0.2, 0) is 0 Å². The summed E-state index contributed by atoms with van der Waals surface area (Å²) in [5, 5.41) is 0. The standard InChI is InChI=1S/C10H12N2O/c1-6(2)9-12-8-5-4-7(3)11-10(8)13-9/h4-6H,1-3H3. The molecular weight excluding hydrogens is 164 g/mol. The first-order valence-electron chi connectivity index (χ1n) is 4.41. The molecule has 0 spiro atoms. The monoisotopic (exact) mass is 176 g/mol. The second kappa shape index (κ2) is 2.83. The second-order valence-electron chi connectivity index (χ2n) is 3.48. The first-order valence-corrected chi connectivity index (χ1v) is 4.41. The van der Waals surface area contributed by atoms with Crippen LogP contribution in [0.3, 0.4) is 0 Å². The van der Waals surface area contributed by atoms with Crippen LogP contribution in [0, 0.1) is 6.92 Å². The van der Waals surface area contributed by atoms with Crippen molar-refractivity contribution in [2.45, 2.75) is 26.7 Å². The highest BCUT2D eigenvalue weighted by Crippen LogP contribution is 2.19. The van der Waals surface area contributed by atoms with Gasteiger partial charge in [0.2, 0.25) is 5.71 Å². The number of aryl methyl sites for hydroxylation is 1. The van der Waals surface area contributed by atoms with E-state index in [0.29, 0.717) is 11.6 Å². The first-order chi connectivity index (χ1) is 6.16. The number of aromatic nitrogens is 2. The summed E-state index contributed by atoms with van der Waals surface area (Å²) >= 11 is 0. The molecule has 0 amide bonds. The first kappa shape index (κ1) is 8.23. The van der Waals surface area contributed by atoms with Crippen molar-refractivity contribution in [3.05, 3.63) is 23.7 Å². The summed E-state index contributed by atoms with van der Waals surface area (Å²) in [6.45, 7) is 6.05. The van der Waals surface area contributed by atoms with Crippen molar-refractivity contribution in [1.82, 2.24) is 9.97 Å². The molecule has 13 heavy (non-hydrogen) atoms. The van der Waals surface area contributed by atoms with E-state index in [9.17, 15) is 0 Å². The Kier molecular flexibility index (Phi) is 1.79. The van der Waals surface area contributed by atoms with Crippen molar-refractivity contribution < 1.29 is 4.42 Å². The smallest absolute Gasteiger partial charge is 0.247 e. The number of nitrogens with zero attached hydrogens (tertiary/aromatic N) is 2. The number of oxazole rings is 1. The maximum atomic E-state index is 5.49. The molecule has 0 radical (unpaired) electrons. The molecule has 2 aromatic rings. The number of pyridine rings is 1. The normalized spacial score (nSPS) is 11.4. The zero-order valence-electron chi connectivity index (χ0n) is 8.03. The summed E-state index contributed by atoms with van der Waals surface area (Å²) in [7, 11) is 0. The van der Waals surface area contributed by atoms with Gasteiger partial charge in [0.1, 0.15) is 5.52 Å². The fraction of sp³-hybridized carbons (Fsp3) is 0.400. The Morgan fingerprint density at radius 3 is 2.69 bits per heavy atom. The Morgan fingerprint density at radius 1 is 1.23 bits per heavy atom. The Balaban J connectivity index is 2.62. The van der Waals surface area contributed by atoms with Gasteiger partial charge in [-0.15, -0.1) is 0 Å². The van der Waals surface area contributed by atoms with E-state index in [1.54, 1.807) is 0 Å². The molecule has 0 saturated heterocycles. The lowest BCUT2D eigenvalue weighted by Gasteiger charge is -1.93. The fourth-order valence-corrected chi connectivity index (χ4v) is 1.17. The van der Waals surface area contributed by atoms with E-state index >= 15 is 0 Å². The van der Waals surface area contributed by atoms with Crippen LogP contribution in [0.25, 0.3) is 11.2 Å². The minimum atomic E-state index is 0.314. The lowest BCUT2D eigenvalue weighted by Crippen LogP contribution is -1.84. The van der Waals surface area contributed by atoms with Crippen molar-refractivity contribution in [1.29, 1.82) is 0 Å². The number of rotatable bonds is 1. The largest absolute Gasteiger partial charge is 0.422 e. The number of fused-ring (bicyclic) bond motifs is 1. The van der Waals surface area contributed by atoms with Crippen molar-refractivity contribution in [3.63, 3.8) is 0 Å². The molecule has 0 N–H and O–H groups in total. The third-order valence-corrected chi connectivity index (χ3v) is 1.91. The predicted molar refractivity (Wildman–Crippen MR) is 50.6 cm³/mol. The van der Waals surface area contributed by atoms with Gasteiger partial charge < -0.3 is 4.42 Å². The zero-order chi connectivity index (χ0) is 9.42. The zero-order valence-corrected chi connectivity index (χ0v) is 8.03. The summed E-state index contributed by atoms with van der Waals surface area (Å²) in [6.07, 6.45) is 0. The van der Waals surface area contributed by atoms with Gasteiger partial charge >= 0.3 is 0 Å². The third kappa shape index (κ3) is 1.41. The molecule has 2 aromatic heterocycles. The molecule has 0 bridgehead atoms. The van der Waals surface area contributed by atoms with Crippen molar-refractivity contribution in [3.8, 4) is 0 Å². The van der Waals surface area contributed by atoms with Gasteiger partial charge in [-0.1, -0.05) is 13.8 Å². The molecule has 0 atom stereocenters. The molecule has 0 fully saturated rings. The van der Waals surface area contributed by atoms with Crippen LogP contribution in [-0.4, -0.2) is 9.97 Å². The Morgan fingerprint density at radius 2 is 2.00 bits per heavy atom. The van der Waals surface area contributed by atoms with Crippen LogP contribution in [0.4, 0.5) is 0 Å². The highest BCUT2D eigenvalue weighted by Gasteiger charge is 2.09. The summed E-state index contributed by atoms with van der Waals surface area (Å²) in [5.41, 5.74) is 2.44. The van der Waals surface area contributed by atoms with Crippen molar-refractivity contribution >= 4 is 11.2 Å². The average molecular weight is 176 g/mol. The fourth-order valence-electron chi connectivity index (χ4n) is 1.17. The summed E-state index contributed by atoms with van der Waals surface area (Å²) in [5.74, 6) is 1.07. The van der Waals surface area contributed by atoms with Gasteiger partial charge in [-0.05, 0) is 19.1 Å². The Bertz CT molecular complexity index is 431. The summed E-state index contributed by atoms with van der Waals surface area (Å²) in [6, 6.07) is 3.88. The molecule has 2 heterocycles. The molecule has 0 aliphatic carbocycles. The van der Waals surface area contributed by atoms with Gasteiger partial charge in [0.05, 0.1) is 0 Å². The van der Waals surface area contributed by atoms with E-state index in [1.807, 2.05) is 19.1 Å². The van der Waals surface area contributed by atoms with Crippen LogP contribution in [0.5, 0.6) is 0 Å². The maximum absolute atomic E-state index is 5.49. The molecule has 3 nitrogen and oxygen atoms in total. The number of hydrogen-bond donors (Lipinski definition) is 0. The van der Waals surface area contributed by atoms with Gasteiger partial charge in [0, 0.05) is 11.6 Å². The van der Waals surface area contributed by atoms with E-state index in [4.69, 9.17) is 4.42 Å². The molecule has 2 rings (SSSR count). The minimum absolute atomic E-state index is 0.314. The van der Waals surface area contributed by atoms with Crippen LogP contribution < -0.4 is 0 Å². The molecule has 0 aliphatic rings. The summed E-state index contributed by atoms with van der Waals surface area (Å²) < 4.78 is 5.49. The molecular formula is C10H12N2O. The van der Waals surface area contributed by atoms with Crippen molar-refractivity contribution in [2.24, 2.45) is 0 Å². The van der Waals surface area contributed by atoms with Crippen LogP contribution in [0.1, 0.15) is 31.4 Å². The number of hydrogen-bond acceptors (Lipinski definition) is 3. The topological polar surface area (TPSA) is 38.9 Å². The lowest BCUT2D eigenvalue weighted by atomic mass is 10.2. The van der Waals surface area contributed by atoms with E-state index in [0.717, 1.165) is 17.1 Å². The lowest BCUT2D eigenvalue weighted by molar-refractivity contribution is 0.494. The van der Waals surface area contributed by atoms with Gasteiger partial charge in [-0.2, -0.15) is 0 Å².